The van der Waals surface area contributed by atoms with Crippen LogP contribution in [0, 0.1) is 0 Å². The van der Waals surface area contributed by atoms with Crippen LogP contribution < -0.4 is 16.4 Å². The van der Waals surface area contributed by atoms with Crippen LogP contribution in [0.2, 0.25) is 0 Å². The summed E-state index contributed by atoms with van der Waals surface area (Å²) in [4.78, 5) is 6.29. The van der Waals surface area contributed by atoms with E-state index in [1.54, 1.807) is 0 Å². The normalized spacial score (nSPS) is 10.2. The van der Waals surface area contributed by atoms with Gasteiger partial charge in [-0.1, -0.05) is 0 Å². The van der Waals surface area contributed by atoms with Crippen molar-refractivity contribution < 1.29 is 0 Å². The van der Waals surface area contributed by atoms with E-state index in [4.69, 9.17) is 11.5 Å². The zero-order chi connectivity index (χ0) is 9.84. The van der Waals surface area contributed by atoms with Crippen molar-refractivity contribution in [3.05, 3.63) is 23.5 Å². The third kappa shape index (κ3) is 2.40. The molecule has 1 rings (SSSR count). The Hall–Kier alpha value is -1.13. The second-order valence-electron chi connectivity index (χ2n) is 3.11. The molecule has 0 atom stereocenters. The van der Waals surface area contributed by atoms with E-state index < -0.39 is 0 Å². The lowest BCUT2D eigenvalue weighted by Crippen LogP contribution is -2.13. The average Bonchev–Trinajstić information content (AvgIpc) is 2.16. The molecule has 0 spiro atoms. The summed E-state index contributed by atoms with van der Waals surface area (Å²) in [5.41, 5.74) is 13.9. The van der Waals surface area contributed by atoms with Crippen molar-refractivity contribution in [2.24, 2.45) is 11.5 Å². The van der Waals surface area contributed by atoms with Gasteiger partial charge in [0.05, 0.1) is 11.4 Å². The largest absolute Gasteiger partial charge is 0.378 e. The van der Waals surface area contributed by atoms with E-state index in [1.165, 1.54) is 0 Å². The van der Waals surface area contributed by atoms with E-state index in [1.807, 2.05) is 31.1 Å². The number of anilines is 1. The molecule has 13 heavy (non-hydrogen) atoms. The van der Waals surface area contributed by atoms with Gasteiger partial charge in [-0.2, -0.15) is 0 Å². The molecule has 0 saturated heterocycles. The quantitative estimate of drug-likeness (QED) is 0.690. The van der Waals surface area contributed by atoms with Gasteiger partial charge in [-0.25, -0.2) is 0 Å². The van der Waals surface area contributed by atoms with Crippen molar-refractivity contribution in [1.82, 2.24) is 4.98 Å². The second kappa shape index (κ2) is 4.20. The number of nitrogens with zero attached hydrogens (tertiary/aromatic N) is 2. The monoisotopic (exact) mass is 180 g/mol. The molecule has 0 aromatic carbocycles. The van der Waals surface area contributed by atoms with Crippen molar-refractivity contribution in [2.75, 3.05) is 19.0 Å². The fourth-order valence-electron chi connectivity index (χ4n) is 1.10. The molecule has 4 N–H and O–H groups in total. The summed E-state index contributed by atoms with van der Waals surface area (Å²) in [6.45, 7) is 0.906. The van der Waals surface area contributed by atoms with E-state index in [-0.39, 0.29) is 0 Å². The Morgan fingerprint density at radius 1 is 1.15 bits per heavy atom. The first-order chi connectivity index (χ1) is 6.17. The van der Waals surface area contributed by atoms with Gasteiger partial charge in [-0.3, -0.25) is 4.98 Å². The molecule has 0 bridgehead atoms. The predicted octanol–water partition coefficient (Wildman–Crippen LogP) is 0.0650. The van der Waals surface area contributed by atoms with Crippen LogP contribution in [0.4, 0.5) is 5.69 Å². The van der Waals surface area contributed by atoms with Crippen molar-refractivity contribution in [3.63, 3.8) is 0 Å². The van der Waals surface area contributed by atoms with Crippen LogP contribution in [-0.4, -0.2) is 19.1 Å². The van der Waals surface area contributed by atoms with Crippen LogP contribution in [0.3, 0.4) is 0 Å². The molecule has 0 fully saturated rings. The van der Waals surface area contributed by atoms with Gasteiger partial charge in [0.2, 0.25) is 0 Å². The molecule has 0 amide bonds. The van der Waals surface area contributed by atoms with E-state index in [0.717, 1.165) is 17.1 Å². The Morgan fingerprint density at radius 2 is 1.62 bits per heavy atom. The standard InChI is InChI=1S/C9H16N4/c1-13(2)9-3-7(5-10)12-8(4-9)6-11/h3-4H,5-6,10-11H2,1-2H3. The van der Waals surface area contributed by atoms with Gasteiger partial charge in [0, 0.05) is 32.9 Å². The van der Waals surface area contributed by atoms with Crippen molar-refractivity contribution in [2.45, 2.75) is 13.1 Å². The molecule has 1 heterocycles. The Labute approximate surface area is 78.6 Å². The molecular formula is C9H16N4. The highest BCUT2D eigenvalue weighted by Gasteiger charge is 2.01. The molecule has 4 nitrogen and oxygen atoms in total. The van der Waals surface area contributed by atoms with E-state index >= 15 is 0 Å². The lowest BCUT2D eigenvalue weighted by molar-refractivity contribution is 0.910. The maximum atomic E-state index is 5.52. The minimum absolute atomic E-state index is 0.453. The summed E-state index contributed by atoms with van der Waals surface area (Å²) in [7, 11) is 3.96. The fraction of sp³-hybridized carbons (Fsp3) is 0.444. The summed E-state index contributed by atoms with van der Waals surface area (Å²) in [6.07, 6.45) is 0. The molecule has 0 saturated carbocycles. The smallest absolute Gasteiger partial charge is 0.0563 e. The van der Waals surface area contributed by atoms with Gasteiger partial charge < -0.3 is 16.4 Å². The van der Waals surface area contributed by atoms with E-state index in [2.05, 4.69) is 4.98 Å². The average molecular weight is 180 g/mol. The Kier molecular flexibility index (Phi) is 3.22. The van der Waals surface area contributed by atoms with Gasteiger partial charge in [-0.15, -0.1) is 0 Å². The molecule has 4 heteroatoms. The number of rotatable bonds is 3. The number of hydrogen-bond acceptors (Lipinski definition) is 4. The molecule has 0 radical (unpaired) electrons. The Morgan fingerprint density at radius 3 is 1.92 bits per heavy atom. The summed E-state index contributed by atoms with van der Waals surface area (Å²) in [5.74, 6) is 0. The van der Waals surface area contributed by atoms with Crippen LogP contribution in [0.1, 0.15) is 11.4 Å². The number of nitrogens with two attached hydrogens (primary N) is 2. The lowest BCUT2D eigenvalue weighted by Gasteiger charge is -2.14. The summed E-state index contributed by atoms with van der Waals surface area (Å²) in [5, 5.41) is 0. The number of hydrogen-bond donors (Lipinski definition) is 2. The number of pyridine rings is 1. The molecule has 0 aliphatic carbocycles. The summed E-state index contributed by atoms with van der Waals surface area (Å²) >= 11 is 0. The molecule has 72 valence electrons. The molecular weight excluding hydrogens is 164 g/mol. The Balaban J connectivity index is 3.07. The lowest BCUT2D eigenvalue weighted by atomic mass is 10.2. The van der Waals surface area contributed by atoms with Crippen molar-refractivity contribution in [1.29, 1.82) is 0 Å². The molecule has 0 aliphatic heterocycles. The van der Waals surface area contributed by atoms with Crippen molar-refractivity contribution >= 4 is 5.69 Å². The minimum atomic E-state index is 0.453. The molecule has 1 aromatic rings. The van der Waals surface area contributed by atoms with Gasteiger partial charge >= 0.3 is 0 Å². The van der Waals surface area contributed by atoms with Gasteiger partial charge in [0.1, 0.15) is 0 Å². The second-order valence-corrected chi connectivity index (χ2v) is 3.11. The zero-order valence-electron chi connectivity index (χ0n) is 8.12. The van der Waals surface area contributed by atoms with Crippen LogP contribution in [0.5, 0.6) is 0 Å². The minimum Gasteiger partial charge on any atom is -0.378 e. The topological polar surface area (TPSA) is 68.2 Å². The first kappa shape index (κ1) is 9.95. The molecule has 1 aromatic heterocycles. The summed E-state index contributed by atoms with van der Waals surface area (Å²) < 4.78 is 0. The first-order valence-corrected chi connectivity index (χ1v) is 4.24. The number of aromatic nitrogens is 1. The molecule has 0 unspecified atom stereocenters. The first-order valence-electron chi connectivity index (χ1n) is 4.24. The van der Waals surface area contributed by atoms with Gasteiger partial charge in [-0.05, 0) is 12.1 Å². The highest BCUT2D eigenvalue weighted by molar-refractivity contribution is 5.46. The third-order valence-corrected chi connectivity index (χ3v) is 1.85. The molecule has 0 aliphatic rings. The Bertz CT molecular complexity index is 261. The fourth-order valence-corrected chi connectivity index (χ4v) is 1.10. The van der Waals surface area contributed by atoms with E-state index in [9.17, 15) is 0 Å². The van der Waals surface area contributed by atoms with Crippen LogP contribution in [0.25, 0.3) is 0 Å². The van der Waals surface area contributed by atoms with Crippen LogP contribution in [-0.2, 0) is 13.1 Å². The van der Waals surface area contributed by atoms with E-state index in [0.29, 0.717) is 13.1 Å². The SMILES string of the molecule is CN(C)c1cc(CN)nc(CN)c1. The highest BCUT2D eigenvalue weighted by Crippen LogP contribution is 2.13. The maximum absolute atomic E-state index is 5.52. The van der Waals surface area contributed by atoms with Crippen molar-refractivity contribution in [3.8, 4) is 0 Å². The van der Waals surface area contributed by atoms with Gasteiger partial charge in [0.15, 0.2) is 0 Å². The highest BCUT2D eigenvalue weighted by atomic mass is 15.1. The predicted molar refractivity (Wildman–Crippen MR) is 54.3 cm³/mol. The van der Waals surface area contributed by atoms with Crippen LogP contribution >= 0.6 is 0 Å². The van der Waals surface area contributed by atoms with Crippen LogP contribution in [0.15, 0.2) is 12.1 Å². The third-order valence-electron chi connectivity index (χ3n) is 1.85. The maximum Gasteiger partial charge on any atom is 0.0563 e. The zero-order valence-corrected chi connectivity index (χ0v) is 8.12. The van der Waals surface area contributed by atoms with Gasteiger partial charge in [0.25, 0.3) is 0 Å². The summed E-state index contributed by atoms with van der Waals surface area (Å²) in [6, 6.07) is 3.94.